The van der Waals surface area contributed by atoms with Gasteiger partial charge >= 0.3 is 5.82 Å². The van der Waals surface area contributed by atoms with Crippen LogP contribution in [0.4, 0.5) is 5.82 Å². The molecule has 1 heterocycles. The van der Waals surface area contributed by atoms with E-state index in [0.29, 0.717) is 13.2 Å². The molecule has 1 rings (SSSR count). The lowest BCUT2D eigenvalue weighted by atomic mass is 10.4. The topological polar surface area (TPSA) is 111 Å². The minimum atomic E-state index is -0.628. The van der Waals surface area contributed by atoms with E-state index >= 15 is 0 Å². The Hall–Kier alpha value is -2.00. The molecule has 0 aliphatic rings. The number of nitrogens with zero attached hydrogens (tertiary/aromatic N) is 4. The van der Waals surface area contributed by atoms with Crippen LogP contribution in [0.5, 0.6) is 0 Å². The number of aromatic nitrogens is 2. The number of hydrogen-bond donors (Lipinski definition) is 1. The number of ether oxygens (including phenoxy) is 1. The van der Waals surface area contributed by atoms with Crippen LogP contribution in [0.3, 0.4) is 0 Å². The number of hydrogen-bond acceptors (Lipinski definition) is 6. The van der Waals surface area contributed by atoms with Gasteiger partial charge in [0, 0.05) is 20.2 Å². The van der Waals surface area contributed by atoms with Crippen LogP contribution in [0, 0.1) is 10.1 Å². The molecule has 1 amide bonds. The molecule has 0 atom stereocenters. The van der Waals surface area contributed by atoms with Crippen molar-refractivity contribution in [3.05, 3.63) is 22.4 Å². The van der Waals surface area contributed by atoms with Gasteiger partial charge in [0.15, 0.2) is 0 Å². The van der Waals surface area contributed by atoms with Gasteiger partial charge in [-0.25, -0.2) is 0 Å². The van der Waals surface area contributed by atoms with Crippen LogP contribution in [0.15, 0.2) is 12.3 Å². The Morgan fingerprint density at radius 1 is 1.63 bits per heavy atom. The van der Waals surface area contributed by atoms with Crippen LogP contribution >= 0.6 is 0 Å². The molecule has 0 saturated heterocycles. The van der Waals surface area contributed by atoms with Crippen LogP contribution < -0.4 is 0 Å². The molecule has 9 nitrogen and oxygen atoms in total. The Balaban J connectivity index is 2.61. The molecular weight excluding hydrogens is 256 g/mol. The lowest BCUT2D eigenvalue weighted by Crippen LogP contribution is -2.38. The van der Waals surface area contributed by atoms with Crippen molar-refractivity contribution in [1.82, 2.24) is 14.7 Å². The van der Waals surface area contributed by atoms with E-state index in [-0.39, 0.29) is 31.4 Å². The molecule has 0 aliphatic carbocycles. The van der Waals surface area contributed by atoms with E-state index in [2.05, 4.69) is 5.10 Å². The summed E-state index contributed by atoms with van der Waals surface area (Å²) in [6.45, 7) is 0.613. The molecule has 1 aromatic rings. The first-order chi connectivity index (χ1) is 9.08. The second-order valence-electron chi connectivity index (χ2n) is 3.73. The fraction of sp³-hybridized carbons (Fsp3) is 0.600. The van der Waals surface area contributed by atoms with Crippen molar-refractivity contribution in [3.63, 3.8) is 0 Å². The second-order valence-corrected chi connectivity index (χ2v) is 3.73. The normalized spacial score (nSPS) is 10.4. The van der Waals surface area contributed by atoms with E-state index < -0.39 is 4.92 Å². The van der Waals surface area contributed by atoms with Crippen molar-refractivity contribution in [3.8, 4) is 0 Å². The number of aliphatic hydroxyl groups excluding tert-OH is 1. The van der Waals surface area contributed by atoms with Crippen molar-refractivity contribution < 1.29 is 19.6 Å². The zero-order chi connectivity index (χ0) is 14.3. The zero-order valence-electron chi connectivity index (χ0n) is 10.6. The average molecular weight is 272 g/mol. The smallest absolute Gasteiger partial charge is 0.389 e. The van der Waals surface area contributed by atoms with E-state index in [9.17, 15) is 14.9 Å². The van der Waals surface area contributed by atoms with Gasteiger partial charge in [-0.15, -0.1) is 0 Å². The van der Waals surface area contributed by atoms with Crippen LogP contribution in [-0.2, 0) is 16.1 Å². The molecule has 0 saturated carbocycles. The maximum absolute atomic E-state index is 11.9. The number of carbonyl (C=O) groups is 1. The lowest BCUT2D eigenvalue weighted by molar-refractivity contribution is -0.389. The molecule has 0 aliphatic heterocycles. The van der Waals surface area contributed by atoms with Crippen LogP contribution in [0.25, 0.3) is 0 Å². The Morgan fingerprint density at radius 2 is 2.37 bits per heavy atom. The number of amides is 1. The highest BCUT2D eigenvalue weighted by Crippen LogP contribution is 2.05. The Kier molecular flexibility index (Phi) is 5.90. The first kappa shape index (κ1) is 15.1. The van der Waals surface area contributed by atoms with Crippen molar-refractivity contribution in [1.29, 1.82) is 0 Å². The third-order valence-corrected chi connectivity index (χ3v) is 2.40. The molecule has 19 heavy (non-hydrogen) atoms. The lowest BCUT2D eigenvalue weighted by Gasteiger charge is -2.20. The van der Waals surface area contributed by atoms with E-state index in [1.807, 2.05) is 0 Å². The highest BCUT2D eigenvalue weighted by atomic mass is 16.6. The number of nitro groups is 1. The Bertz CT molecular complexity index is 433. The zero-order valence-corrected chi connectivity index (χ0v) is 10.6. The molecule has 0 spiro atoms. The number of rotatable bonds is 8. The molecule has 106 valence electrons. The summed E-state index contributed by atoms with van der Waals surface area (Å²) in [6.07, 6.45) is 1.36. The molecule has 0 unspecified atom stereocenters. The quantitative estimate of drug-likeness (QED) is 0.493. The third kappa shape index (κ3) is 4.64. The first-order valence-corrected chi connectivity index (χ1v) is 5.64. The van der Waals surface area contributed by atoms with Gasteiger partial charge in [0.05, 0.1) is 30.6 Å². The predicted octanol–water partition coefficient (Wildman–Crippen LogP) is -0.741. The number of aliphatic hydroxyl groups is 1. The summed E-state index contributed by atoms with van der Waals surface area (Å²) in [5.74, 6) is -0.595. The largest absolute Gasteiger partial charge is 0.395 e. The summed E-state index contributed by atoms with van der Waals surface area (Å²) in [5, 5.41) is 23.0. The Morgan fingerprint density at radius 3 is 2.89 bits per heavy atom. The van der Waals surface area contributed by atoms with Crippen molar-refractivity contribution >= 4 is 11.7 Å². The predicted molar refractivity (Wildman–Crippen MR) is 64.4 cm³/mol. The van der Waals surface area contributed by atoms with Gasteiger partial charge < -0.3 is 24.9 Å². The average Bonchev–Trinajstić information content (AvgIpc) is 2.83. The van der Waals surface area contributed by atoms with Crippen molar-refractivity contribution in [2.45, 2.75) is 6.54 Å². The van der Waals surface area contributed by atoms with E-state index in [0.717, 1.165) is 0 Å². The van der Waals surface area contributed by atoms with Crippen molar-refractivity contribution in [2.24, 2.45) is 0 Å². The number of methoxy groups -OCH3 is 1. The van der Waals surface area contributed by atoms with E-state index in [1.165, 1.54) is 29.0 Å². The second kappa shape index (κ2) is 7.44. The third-order valence-electron chi connectivity index (χ3n) is 2.40. The minimum absolute atomic E-state index is 0.114. The molecule has 0 aromatic carbocycles. The SMILES string of the molecule is COCCN(CCO)C(=O)Cn1ccc([N+](=O)[O-])n1. The fourth-order valence-corrected chi connectivity index (χ4v) is 1.46. The van der Waals surface area contributed by atoms with Gasteiger partial charge in [0.25, 0.3) is 0 Å². The Labute approximate surface area is 109 Å². The summed E-state index contributed by atoms with van der Waals surface area (Å²) in [4.78, 5) is 23.2. The highest BCUT2D eigenvalue weighted by Gasteiger charge is 2.17. The van der Waals surface area contributed by atoms with Gasteiger partial charge in [0.1, 0.15) is 6.54 Å². The van der Waals surface area contributed by atoms with Crippen LogP contribution in [0.2, 0.25) is 0 Å². The molecule has 1 aromatic heterocycles. The summed E-state index contributed by atoms with van der Waals surface area (Å²) in [7, 11) is 1.51. The molecule has 0 bridgehead atoms. The summed E-state index contributed by atoms with van der Waals surface area (Å²) < 4.78 is 6.06. The molecular formula is C10H16N4O5. The fourth-order valence-electron chi connectivity index (χ4n) is 1.46. The monoisotopic (exact) mass is 272 g/mol. The molecule has 9 heteroatoms. The molecule has 1 N–H and O–H groups in total. The standard InChI is InChI=1S/C10H16N4O5/c1-19-7-5-12(4-6-15)10(16)8-13-3-2-9(11-13)14(17)18/h2-3,15H,4-8H2,1H3. The first-order valence-electron chi connectivity index (χ1n) is 5.64. The molecule has 0 fully saturated rings. The van der Waals surface area contributed by atoms with Gasteiger partial charge in [-0.2, -0.15) is 4.68 Å². The van der Waals surface area contributed by atoms with Gasteiger partial charge in [-0.1, -0.05) is 0 Å². The van der Waals surface area contributed by atoms with Crippen molar-refractivity contribution in [2.75, 3.05) is 33.4 Å². The van der Waals surface area contributed by atoms with Crippen LogP contribution in [0.1, 0.15) is 0 Å². The van der Waals surface area contributed by atoms with E-state index in [1.54, 1.807) is 0 Å². The maximum Gasteiger partial charge on any atom is 0.389 e. The molecule has 0 radical (unpaired) electrons. The van der Waals surface area contributed by atoms with Crippen LogP contribution in [-0.4, -0.2) is 64.0 Å². The number of carbonyl (C=O) groups excluding carboxylic acids is 1. The van der Waals surface area contributed by atoms with Gasteiger partial charge in [-0.3, -0.25) is 4.79 Å². The van der Waals surface area contributed by atoms with Gasteiger partial charge in [0.2, 0.25) is 5.91 Å². The summed E-state index contributed by atoms with van der Waals surface area (Å²) in [5.41, 5.74) is 0. The maximum atomic E-state index is 11.9. The summed E-state index contributed by atoms with van der Waals surface area (Å²) in [6, 6.07) is 1.22. The minimum Gasteiger partial charge on any atom is -0.395 e. The highest BCUT2D eigenvalue weighted by molar-refractivity contribution is 5.75. The summed E-state index contributed by atoms with van der Waals surface area (Å²) >= 11 is 0. The van der Waals surface area contributed by atoms with Gasteiger partial charge in [-0.05, 0) is 4.92 Å². The van der Waals surface area contributed by atoms with E-state index in [4.69, 9.17) is 9.84 Å².